The van der Waals surface area contributed by atoms with Crippen LogP contribution in [0.25, 0.3) is 33.2 Å². The lowest BCUT2D eigenvalue weighted by Gasteiger charge is -2.04. The first-order valence-electron chi connectivity index (χ1n) is 9.69. The highest BCUT2D eigenvalue weighted by molar-refractivity contribution is 7.15. The molecule has 2 aromatic carbocycles. The van der Waals surface area contributed by atoms with Crippen molar-refractivity contribution >= 4 is 44.7 Å². The van der Waals surface area contributed by atoms with Crippen molar-refractivity contribution in [2.24, 2.45) is 0 Å². The maximum atomic E-state index is 12.9. The molecule has 0 bridgehead atoms. The molecule has 9 heteroatoms. The number of nitro groups is 1. The van der Waals surface area contributed by atoms with Crippen LogP contribution in [0.1, 0.15) is 21.6 Å². The van der Waals surface area contributed by atoms with Crippen LogP contribution in [0.2, 0.25) is 0 Å². The van der Waals surface area contributed by atoms with E-state index in [1.165, 1.54) is 29.5 Å². The van der Waals surface area contributed by atoms with Crippen LogP contribution in [-0.2, 0) is 6.61 Å². The number of para-hydroxylation sites is 1. The van der Waals surface area contributed by atoms with Gasteiger partial charge in [0.25, 0.3) is 5.69 Å². The number of nitro benzene ring substituents is 1. The highest BCUT2D eigenvalue weighted by atomic mass is 32.1. The zero-order chi connectivity index (χ0) is 22.2. The summed E-state index contributed by atoms with van der Waals surface area (Å²) < 4.78 is 1.84. The number of aliphatic hydroxyl groups is 1. The number of nitrogens with one attached hydrogen (secondary N) is 1. The Bertz CT molecular complexity index is 1530. The standard InChI is InChI=1S/C23H16N4O4S/c28-13-15-6-5-14(11-20(15)27(30)31)22-19(26-9-10-32-23(26)25-22)7-8-21(29)17-12-24-18-4-2-1-3-16(17)18/h1-12,24,28H,13H2. The number of aliphatic hydroxyl groups excluding tert-OH is 1. The fourth-order valence-corrected chi connectivity index (χ4v) is 4.43. The van der Waals surface area contributed by atoms with Crippen molar-refractivity contribution in [1.29, 1.82) is 0 Å². The van der Waals surface area contributed by atoms with Crippen LogP contribution < -0.4 is 0 Å². The topological polar surface area (TPSA) is 114 Å². The van der Waals surface area contributed by atoms with E-state index < -0.39 is 11.5 Å². The number of aromatic amines is 1. The fraction of sp³-hybridized carbons (Fsp3) is 0.0435. The SMILES string of the molecule is O=C(C=Cc1c(-c2ccc(CO)c([N+](=O)[O-])c2)nc2sccn12)c1c[nH]c2ccccc12. The molecule has 0 unspecified atom stereocenters. The van der Waals surface area contributed by atoms with E-state index >= 15 is 0 Å². The lowest BCUT2D eigenvalue weighted by atomic mass is 10.0. The van der Waals surface area contributed by atoms with Crippen molar-refractivity contribution in [3.63, 3.8) is 0 Å². The van der Waals surface area contributed by atoms with E-state index in [9.17, 15) is 20.0 Å². The Morgan fingerprint density at radius 1 is 1.28 bits per heavy atom. The minimum atomic E-state index is -0.524. The summed E-state index contributed by atoms with van der Waals surface area (Å²) in [6, 6.07) is 12.2. The highest BCUT2D eigenvalue weighted by Crippen LogP contribution is 2.32. The monoisotopic (exact) mass is 444 g/mol. The first kappa shape index (κ1) is 19.9. The van der Waals surface area contributed by atoms with Crippen LogP contribution in [0.3, 0.4) is 0 Å². The molecule has 0 amide bonds. The summed E-state index contributed by atoms with van der Waals surface area (Å²) in [6.07, 6.45) is 6.68. The summed E-state index contributed by atoms with van der Waals surface area (Å²) >= 11 is 1.42. The maximum absolute atomic E-state index is 12.9. The van der Waals surface area contributed by atoms with E-state index in [0.717, 1.165) is 10.9 Å². The van der Waals surface area contributed by atoms with E-state index in [2.05, 4.69) is 9.97 Å². The second-order valence-corrected chi connectivity index (χ2v) is 7.98. The average molecular weight is 444 g/mol. The van der Waals surface area contributed by atoms with Gasteiger partial charge >= 0.3 is 0 Å². The van der Waals surface area contributed by atoms with Gasteiger partial charge < -0.3 is 10.1 Å². The molecule has 0 fully saturated rings. The molecular weight excluding hydrogens is 428 g/mol. The first-order valence-corrected chi connectivity index (χ1v) is 10.6. The Labute approximate surface area is 185 Å². The first-order chi connectivity index (χ1) is 15.6. The number of carbonyl (C=O) groups is 1. The van der Waals surface area contributed by atoms with Gasteiger partial charge in [-0.2, -0.15) is 0 Å². The van der Waals surface area contributed by atoms with Crippen LogP contribution >= 0.6 is 11.3 Å². The van der Waals surface area contributed by atoms with Gasteiger partial charge in [-0.25, -0.2) is 4.98 Å². The molecular formula is C23H16N4O4S. The number of aromatic nitrogens is 3. The molecule has 2 N–H and O–H groups in total. The van der Waals surface area contributed by atoms with Gasteiger partial charge in [-0.1, -0.05) is 24.3 Å². The molecule has 5 aromatic rings. The summed E-state index contributed by atoms with van der Waals surface area (Å²) in [5.41, 5.74) is 3.19. The molecule has 0 aliphatic carbocycles. The van der Waals surface area contributed by atoms with E-state index in [0.29, 0.717) is 27.5 Å². The third-order valence-electron chi connectivity index (χ3n) is 5.27. The van der Waals surface area contributed by atoms with Crippen LogP contribution in [-0.4, -0.2) is 30.2 Å². The highest BCUT2D eigenvalue weighted by Gasteiger charge is 2.19. The number of ketones is 1. The van der Waals surface area contributed by atoms with Gasteiger partial charge in [-0.05, 0) is 24.3 Å². The van der Waals surface area contributed by atoms with Crippen molar-refractivity contribution in [1.82, 2.24) is 14.4 Å². The molecule has 0 aliphatic heterocycles. The van der Waals surface area contributed by atoms with E-state index in [1.54, 1.807) is 18.3 Å². The normalized spacial score (nSPS) is 11.7. The van der Waals surface area contributed by atoms with Crippen LogP contribution in [0.5, 0.6) is 0 Å². The van der Waals surface area contributed by atoms with Gasteiger partial charge in [0.15, 0.2) is 10.7 Å². The van der Waals surface area contributed by atoms with Gasteiger partial charge in [0.1, 0.15) is 0 Å². The molecule has 3 heterocycles. The lowest BCUT2D eigenvalue weighted by molar-refractivity contribution is -0.385. The number of thiazole rings is 1. The Balaban J connectivity index is 1.59. The number of H-pyrrole nitrogens is 1. The number of nitrogens with zero attached hydrogens (tertiary/aromatic N) is 3. The molecule has 5 rings (SSSR count). The molecule has 3 aromatic heterocycles. The number of fused-ring (bicyclic) bond motifs is 2. The molecule has 0 saturated carbocycles. The molecule has 0 atom stereocenters. The number of allylic oxidation sites excluding steroid dienone is 1. The Morgan fingerprint density at radius 2 is 2.12 bits per heavy atom. The van der Waals surface area contributed by atoms with Crippen molar-refractivity contribution in [3.05, 3.63) is 93.2 Å². The van der Waals surface area contributed by atoms with Crippen LogP contribution in [0.4, 0.5) is 5.69 Å². The molecule has 0 radical (unpaired) electrons. The lowest BCUT2D eigenvalue weighted by Crippen LogP contribution is -1.97. The minimum Gasteiger partial charge on any atom is -0.391 e. The molecule has 0 aliphatic rings. The summed E-state index contributed by atoms with van der Waals surface area (Å²) in [4.78, 5) is 32.2. The number of benzene rings is 2. The van der Waals surface area contributed by atoms with E-state index in [1.807, 2.05) is 40.2 Å². The van der Waals surface area contributed by atoms with Gasteiger partial charge in [-0.15, -0.1) is 11.3 Å². The van der Waals surface area contributed by atoms with E-state index in [4.69, 9.17) is 0 Å². The number of carbonyl (C=O) groups excluding carboxylic acids is 1. The number of hydrogen-bond acceptors (Lipinski definition) is 6. The molecule has 0 saturated heterocycles. The van der Waals surface area contributed by atoms with Gasteiger partial charge in [-0.3, -0.25) is 19.3 Å². The second kappa shape index (κ2) is 7.88. The minimum absolute atomic E-state index is 0.166. The maximum Gasteiger partial charge on any atom is 0.275 e. The number of hydrogen-bond donors (Lipinski definition) is 2. The van der Waals surface area contributed by atoms with Crippen molar-refractivity contribution in [3.8, 4) is 11.3 Å². The molecule has 8 nitrogen and oxygen atoms in total. The van der Waals surface area contributed by atoms with Gasteiger partial charge in [0.2, 0.25) is 0 Å². The number of rotatable bonds is 6. The number of imidazole rings is 1. The molecule has 158 valence electrons. The van der Waals surface area contributed by atoms with Crippen molar-refractivity contribution in [2.45, 2.75) is 6.61 Å². The third-order valence-corrected chi connectivity index (χ3v) is 6.03. The summed E-state index contributed by atoms with van der Waals surface area (Å²) in [7, 11) is 0. The Morgan fingerprint density at radius 3 is 2.94 bits per heavy atom. The largest absolute Gasteiger partial charge is 0.391 e. The smallest absolute Gasteiger partial charge is 0.275 e. The van der Waals surface area contributed by atoms with Crippen LogP contribution in [0, 0.1) is 10.1 Å². The summed E-state index contributed by atoms with van der Waals surface area (Å²) in [5.74, 6) is -0.166. The average Bonchev–Trinajstić information content (AvgIpc) is 3.51. The summed E-state index contributed by atoms with van der Waals surface area (Å²) in [6.45, 7) is -0.430. The quantitative estimate of drug-likeness (QED) is 0.168. The summed E-state index contributed by atoms with van der Waals surface area (Å²) in [5, 5.41) is 23.6. The zero-order valence-corrected chi connectivity index (χ0v) is 17.4. The van der Waals surface area contributed by atoms with Crippen molar-refractivity contribution in [2.75, 3.05) is 0 Å². The van der Waals surface area contributed by atoms with Gasteiger partial charge in [0, 0.05) is 45.9 Å². The fourth-order valence-electron chi connectivity index (χ4n) is 3.71. The second-order valence-electron chi connectivity index (χ2n) is 7.11. The van der Waals surface area contributed by atoms with Gasteiger partial charge in [0.05, 0.1) is 28.5 Å². The van der Waals surface area contributed by atoms with Crippen molar-refractivity contribution < 1.29 is 14.8 Å². The molecule has 32 heavy (non-hydrogen) atoms. The zero-order valence-electron chi connectivity index (χ0n) is 16.6. The Kier molecular flexibility index (Phi) is 4.89. The molecule has 0 spiro atoms. The predicted octanol–water partition coefficient (Wildman–Crippen LogP) is 4.84. The van der Waals surface area contributed by atoms with E-state index in [-0.39, 0.29) is 17.0 Å². The van der Waals surface area contributed by atoms with Crippen LogP contribution in [0.15, 0.2) is 66.3 Å². The Hall–Kier alpha value is -4.08. The third kappa shape index (κ3) is 3.29. The predicted molar refractivity (Wildman–Crippen MR) is 123 cm³/mol.